The average molecular weight is 407 g/mol. The highest BCUT2D eigenvalue weighted by molar-refractivity contribution is 7.13. The van der Waals surface area contributed by atoms with Crippen LogP contribution in [0, 0.1) is 6.92 Å². The van der Waals surface area contributed by atoms with Crippen LogP contribution in [0.5, 0.6) is 0 Å². The number of carbonyl (C=O) groups is 1. The van der Waals surface area contributed by atoms with Gasteiger partial charge in [-0.1, -0.05) is 36.8 Å². The molecule has 0 spiro atoms. The number of likely N-dealkylation sites (N-methyl/N-ethyl adjacent to an activating group) is 1. The number of carbonyl (C=O) groups excluding carboxylic acids is 1. The van der Waals surface area contributed by atoms with Gasteiger partial charge in [0, 0.05) is 48.5 Å². The molecule has 3 aromatic rings. The van der Waals surface area contributed by atoms with E-state index < -0.39 is 0 Å². The van der Waals surface area contributed by atoms with Gasteiger partial charge >= 0.3 is 0 Å². The number of rotatable bonds is 5. The first-order valence-corrected chi connectivity index (χ1v) is 10.9. The fraction of sp³-hybridized carbons (Fsp3) is 0.304. The van der Waals surface area contributed by atoms with Crippen molar-refractivity contribution in [2.45, 2.75) is 13.8 Å². The van der Waals surface area contributed by atoms with Crippen LogP contribution >= 0.6 is 11.3 Å². The van der Waals surface area contributed by atoms with Crippen LogP contribution in [0.3, 0.4) is 0 Å². The molecule has 2 aromatic carbocycles. The Labute approximate surface area is 176 Å². The molecule has 150 valence electrons. The average Bonchev–Trinajstić information content (AvgIpc) is 3.25. The van der Waals surface area contributed by atoms with Gasteiger partial charge in [0.25, 0.3) is 5.91 Å². The van der Waals surface area contributed by atoms with E-state index in [1.807, 2.05) is 29.6 Å². The van der Waals surface area contributed by atoms with Crippen LogP contribution < -0.4 is 10.2 Å². The molecule has 1 fully saturated rings. The van der Waals surface area contributed by atoms with Gasteiger partial charge in [-0.25, -0.2) is 4.98 Å². The van der Waals surface area contributed by atoms with Crippen molar-refractivity contribution in [3.63, 3.8) is 0 Å². The Morgan fingerprint density at radius 1 is 1.03 bits per heavy atom. The molecule has 0 unspecified atom stereocenters. The van der Waals surface area contributed by atoms with Crippen molar-refractivity contribution in [3.05, 3.63) is 65.2 Å². The Kier molecular flexibility index (Phi) is 5.92. The summed E-state index contributed by atoms with van der Waals surface area (Å²) in [4.78, 5) is 21.9. The molecule has 6 heteroatoms. The highest BCUT2D eigenvalue weighted by Crippen LogP contribution is 2.25. The number of benzene rings is 2. The maximum Gasteiger partial charge on any atom is 0.275 e. The molecule has 0 radical (unpaired) electrons. The third-order valence-electron chi connectivity index (χ3n) is 5.35. The largest absolute Gasteiger partial charge is 0.369 e. The minimum Gasteiger partial charge on any atom is -0.369 e. The molecule has 4 rings (SSSR count). The number of aryl methyl sites for hydroxylation is 1. The number of anilines is 2. The molecule has 1 aliphatic heterocycles. The predicted octanol–water partition coefficient (Wildman–Crippen LogP) is 4.51. The SMILES string of the molecule is CCN1CCN(c2ccc(NC(=O)c3csc(-c4ccc(C)cc4)n3)cc2)CC1. The number of nitrogens with one attached hydrogen (secondary N) is 1. The molecular formula is C23H26N4OS. The first-order chi connectivity index (χ1) is 14.1. The molecule has 0 saturated carbocycles. The van der Waals surface area contributed by atoms with Gasteiger partial charge in [0.05, 0.1) is 0 Å². The fourth-order valence-electron chi connectivity index (χ4n) is 3.48. The van der Waals surface area contributed by atoms with Gasteiger partial charge in [0.2, 0.25) is 0 Å². The Morgan fingerprint density at radius 2 is 1.72 bits per heavy atom. The van der Waals surface area contributed by atoms with E-state index in [0.29, 0.717) is 5.69 Å². The lowest BCUT2D eigenvalue weighted by molar-refractivity contribution is 0.102. The van der Waals surface area contributed by atoms with Crippen LogP contribution in [0.4, 0.5) is 11.4 Å². The normalized spacial score (nSPS) is 14.8. The maximum atomic E-state index is 12.6. The summed E-state index contributed by atoms with van der Waals surface area (Å²) in [5.74, 6) is -0.177. The maximum absolute atomic E-state index is 12.6. The van der Waals surface area contributed by atoms with Crippen molar-refractivity contribution >= 4 is 28.6 Å². The van der Waals surface area contributed by atoms with E-state index in [2.05, 4.69) is 58.2 Å². The molecule has 0 bridgehead atoms. The van der Waals surface area contributed by atoms with Gasteiger partial charge in [0.15, 0.2) is 0 Å². The number of nitrogens with zero attached hydrogens (tertiary/aromatic N) is 3. The van der Waals surface area contributed by atoms with Gasteiger partial charge < -0.3 is 15.1 Å². The number of amides is 1. The molecule has 2 heterocycles. The molecule has 0 aliphatic carbocycles. The molecule has 29 heavy (non-hydrogen) atoms. The molecule has 5 nitrogen and oxygen atoms in total. The van der Waals surface area contributed by atoms with Gasteiger partial charge in [-0.2, -0.15) is 0 Å². The quantitative estimate of drug-likeness (QED) is 0.677. The third kappa shape index (κ3) is 4.66. The van der Waals surface area contributed by atoms with E-state index in [4.69, 9.17) is 0 Å². The Balaban J connectivity index is 1.38. The Morgan fingerprint density at radius 3 is 2.38 bits per heavy atom. The van der Waals surface area contributed by atoms with Gasteiger partial charge in [0.1, 0.15) is 10.7 Å². The van der Waals surface area contributed by atoms with Gasteiger partial charge in [-0.3, -0.25) is 4.79 Å². The van der Waals surface area contributed by atoms with Crippen molar-refractivity contribution in [1.82, 2.24) is 9.88 Å². The molecule has 1 N–H and O–H groups in total. The second-order valence-corrected chi connectivity index (χ2v) is 8.18. The van der Waals surface area contributed by atoms with Crippen molar-refractivity contribution in [2.75, 3.05) is 42.9 Å². The summed E-state index contributed by atoms with van der Waals surface area (Å²) in [5.41, 5.74) is 4.68. The van der Waals surface area contributed by atoms with Crippen molar-refractivity contribution in [3.8, 4) is 10.6 Å². The number of aromatic nitrogens is 1. The van der Waals surface area contributed by atoms with Crippen molar-refractivity contribution in [1.29, 1.82) is 0 Å². The molecule has 1 amide bonds. The summed E-state index contributed by atoms with van der Waals surface area (Å²) in [6.07, 6.45) is 0. The minimum atomic E-state index is -0.177. The number of hydrogen-bond donors (Lipinski definition) is 1. The molecule has 0 atom stereocenters. The standard InChI is InChI=1S/C23H26N4OS/c1-3-26-12-14-27(15-13-26)20-10-8-19(9-11-20)24-22(28)21-16-29-23(25-21)18-6-4-17(2)5-7-18/h4-11,16H,3,12-15H2,1-2H3,(H,24,28). The third-order valence-corrected chi connectivity index (χ3v) is 6.24. The Bertz CT molecular complexity index is 957. The Hall–Kier alpha value is -2.70. The van der Waals surface area contributed by atoms with E-state index in [1.54, 1.807) is 0 Å². The van der Waals surface area contributed by atoms with E-state index in [1.165, 1.54) is 22.6 Å². The molecular weight excluding hydrogens is 380 g/mol. The lowest BCUT2D eigenvalue weighted by Gasteiger charge is -2.35. The smallest absolute Gasteiger partial charge is 0.275 e. The van der Waals surface area contributed by atoms with Crippen molar-refractivity contribution in [2.24, 2.45) is 0 Å². The zero-order chi connectivity index (χ0) is 20.2. The van der Waals surface area contributed by atoms with Crippen LogP contribution in [-0.4, -0.2) is 48.5 Å². The van der Waals surface area contributed by atoms with E-state index in [-0.39, 0.29) is 5.91 Å². The molecule has 1 aromatic heterocycles. The zero-order valence-electron chi connectivity index (χ0n) is 16.9. The molecule has 1 aliphatic rings. The predicted molar refractivity (Wildman–Crippen MR) is 121 cm³/mol. The number of thiazole rings is 1. The van der Waals surface area contributed by atoms with Gasteiger partial charge in [-0.15, -0.1) is 11.3 Å². The first kappa shape index (κ1) is 19.6. The number of piperazine rings is 1. The topological polar surface area (TPSA) is 48.5 Å². The molecule has 1 saturated heterocycles. The zero-order valence-corrected chi connectivity index (χ0v) is 17.7. The van der Waals surface area contributed by atoms with E-state index in [9.17, 15) is 4.79 Å². The fourth-order valence-corrected chi connectivity index (χ4v) is 4.29. The van der Waals surface area contributed by atoms with E-state index >= 15 is 0 Å². The summed E-state index contributed by atoms with van der Waals surface area (Å²) in [6, 6.07) is 16.3. The summed E-state index contributed by atoms with van der Waals surface area (Å²) in [7, 11) is 0. The van der Waals surface area contributed by atoms with Crippen LogP contribution in [0.25, 0.3) is 10.6 Å². The summed E-state index contributed by atoms with van der Waals surface area (Å²) in [5, 5.41) is 5.63. The van der Waals surface area contributed by atoms with Crippen LogP contribution in [-0.2, 0) is 0 Å². The number of hydrogen-bond acceptors (Lipinski definition) is 5. The summed E-state index contributed by atoms with van der Waals surface area (Å²) in [6.45, 7) is 9.66. The van der Waals surface area contributed by atoms with Crippen LogP contribution in [0.2, 0.25) is 0 Å². The van der Waals surface area contributed by atoms with Gasteiger partial charge in [-0.05, 0) is 37.7 Å². The second kappa shape index (κ2) is 8.76. The summed E-state index contributed by atoms with van der Waals surface area (Å²) < 4.78 is 0. The van der Waals surface area contributed by atoms with Crippen molar-refractivity contribution < 1.29 is 4.79 Å². The highest BCUT2D eigenvalue weighted by Gasteiger charge is 2.16. The van der Waals surface area contributed by atoms with Crippen LogP contribution in [0.15, 0.2) is 53.9 Å². The van der Waals surface area contributed by atoms with Crippen LogP contribution in [0.1, 0.15) is 23.0 Å². The lowest BCUT2D eigenvalue weighted by atomic mass is 10.2. The highest BCUT2D eigenvalue weighted by atomic mass is 32.1. The lowest BCUT2D eigenvalue weighted by Crippen LogP contribution is -2.46. The summed E-state index contributed by atoms with van der Waals surface area (Å²) >= 11 is 1.49. The second-order valence-electron chi connectivity index (χ2n) is 7.33. The van der Waals surface area contributed by atoms with E-state index in [0.717, 1.165) is 49.0 Å². The first-order valence-electron chi connectivity index (χ1n) is 10.0. The minimum absolute atomic E-state index is 0.177. The monoisotopic (exact) mass is 406 g/mol.